The fourth-order valence-corrected chi connectivity index (χ4v) is 1.58. The Morgan fingerprint density at radius 3 is 3.19 bits per heavy atom. The van der Waals surface area contributed by atoms with Crippen LogP contribution in [0, 0.1) is 11.5 Å². The smallest absolute Gasteiger partial charge is 0.204 e. The summed E-state index contributed by atoms with van der Waals surface area (Å²) in [5.74, 6) is 0.484. The molecule has 0 radical (unpaired) electrons. The summed E-state index contributed by atoms with van der Waals surface area (Å²) in [6.45, 7) is 2.10. The summed E-state index contributed by atoms with van der Waals surface area (Å²) in [4.78, 5) is 8.29. The molecule has 0 aromatic carbocycles. The van der Waals surface area contributed by atoms with Crippen LogP contribution in [-0.2, 0) is 6.54 Å². The first-order chi connectivity index (χ1) is 7.86. The molecule has 0 saturated carbocycles. The van der Waals surface area contributed by atoms with E-state index < -0.39 is 0 Å². The summed E-state index contributed by atoms with van der Waals surface area (Å²) in [5.41, 5.74) is 2.85. The summed E-state index contributed by atoms with van der Waals surface area (Å²) < 4.78 is 0. The lowest BCUT2D eigenvalue weighted by atomic mass is 10.5. The van der Waals surface area contributed by atoms with Gasteiger partial charge in [-0.05, 0) is 0 Å². The third-order valence-corrected chi connectivity index (χ3v) is 2.39. The van der Waals surface area contributed by atoms with E-state index in [1.165, 1.54) is 0 Å². The molecule has 0 spiro atoms. The molecule has 7 heteroatoms. The van der Waals surface area contributed by atoms with Crippen molar-refractivity contribution in [3.63, 3.8) is 0 Å². The van der Waals surface area contributed by atoms with Gasteiger partial charge in [0, 0.05) is 25.5 Å². The van der Waals surface area contributed by atoms with Gasteiger partial charge < -0.3 is 10.6 Å². The highest BCUT2D eigenvalue weighted by atomic mass is 32.1. The van der Waals surface area contributed by atoms with Crippen molar-refractivity contribution in [3.05, 3.63) is 16.6 Å². The molecule has 0 fully saturated rings. The van der Waals surface area contributed by atoms with E-state index in [0.717, 1.165) is 18.8 Å². The maximum absolute atomic E-state index is 8.39. The largest absolute Gasteiger partial charge is 0.359 e. The number of nitrogens with zero attached hydrogens (tertiary/aromatic N) is 3. The van der Waals surface area contributed by atoms with Crippen molar-refractivity contribution in [3.8, 4) is 6.19 Å². The quantitative estimate of drug-likeness (QED) is 0.219. The van der Waals surface area contributed by atoms with Gasteiger partial charge in [-0.3, -0.25) is 10.3 Å². The fraction of sp³-hybridized carbons (Fsp3) is 0.444. The third-order valence-electron chi connectivity index (χ3n) is 1.76. The monoisotopic (exact) mass is 238 g/mol. The summed E-state index contributed by atoms with van der Waals surface area (Å²) >= 11 is 1.58. The molecule has 0 atom stereocenters. The summed E-state index contributed by atoms with van der Waals surface area (Å²) in [6.07, 6.45) is 1.81. The van der Waals surface area contributed by atoms with E-state index >= 15 is 0 Å². The molecule has 86 valence electrons. The molecule has 1 heterocycles. The molecule has 3 N–H and O–H groups in total. The molecule has 0 bridgehead atoms. The molecule has 0 aliphatic carbocycles. The molecule has 0 amide bonds. The zero-order chi connectivity index (χ0) is 11.6. The van der Waals surface area contributed by atoms with E-state index in [-0.39, 0.29) is 0 Å². The average Bonchev–Trinajstić information content (AvgIpc) is 2.80. The Labute approximate surface area is 98.4 Å². The van der Waals surface area contributed by atoms with Crippen LogP contribution in [0.4, 0.5) is 0 Å². The van der Waals surface area contributed by atoms with E-state index in [2.05, 4.69) is 25.9 Å². The lowest BCUT2D eigenvalue weighted by Gasteiger charge is -2.03. The number of guanidine groups is 1. The molecule has 16 heavy (non-hydrogen) atoms. The van der Waals surface area contributed by atoms with Crippen LogP contribution in [0.5, 0.6) is 0 Å². The van der Waals surface area contributed by atoms with Crippen molar-refractivity contribution in [2.24, 2.45) is 4.99 Å². The van der Waals surface area contributed by atoms with Crippen LogP contribution < -0.4 is 16.0 Å². The Kier molecular flexibility index (Phi) is 5.91. The highest BCUT2D eigenvalue weighted by molar-refractivity contribution is 7.07. The standard InChI is InChI=1S/C9H14N6S/c1-11-9(14-6-10)13-3-2-12-4-8-5-16-7-15-8/h5,7,12H,2-4H2,1H3,(H2,11,13,14). The zero-order valence-electron chi connectivity index (χ0n) is 9.03. The number of hydrogen-bond donors (Lipinski definition) is 3. The predicted octanol–water partition coefficient (Wildman–Crippen LogP) is -0.121. The van der Waals surface area contributed by atoms with Crippen LogP contribution in [0.1, 0.15) is 5.69 Å². The summed E-state index contributed by atoms with van der Waals surface area (Å²) in [6, 6.07) is 0. The van der Waals surface area contributed by atoms with Crippen LogP contribution in [0.2, 0.25) is 0 Å². The van der Waals surface area contributed by atoms with Crippen LogP contribution >= 0.6 is 11.3 Å². The third kappa shape index (κ3) is 4.72. The number of nitrogens with one attached hydrogen (secondary N) is 3. The minimum absolute atomic E-state index is 0.484. The maximum Gasteiger partial charge on any atom is 0.204 e. The van der Waals surface area contributed by atoms with E-state index in [1.807, 2.05) is 17.1 Å². The number of hydrogen-bond acceptors (Lipinski definition) is 5. The van der Waals surface area contributed by atoms with E-state index in [4.69, 9.17) is 5.26 Å². The second-order valence-corrected chi connectivity index (χ2v) is 3.59. The molecule has 0 saturated heterocycles. The van der Waals surface area contributed by atoms with Crippen LogP contribution in [0.15, 0.2) is 15.9 Å². The van der Waals surface area contributed by atoms with E-state index in [9.17, 15) is 0 Å². The second kappa shape index (κ2) is 7.62. The van der Waals surface area contributed by atoms with Gasteiger partial charge in [0.2, 0.25) is 5.96 Å². The van der Waals surface area contributed by atoms with Crippen LogP contribution in [0.25, 0.3) is 0 Å². The van der Waals surface area contributed by atoms with Gasteiger partial charge in [0.05, 0.1) is 17.7 Å². The van der Waals surface area contributed by atoms with Gasteiger partial charge in [-0.2, -0.15) is 5.26 Å². The number of nitriles is 1. The van der Waals surface area contributed by atoms with Gasteiger partial charge >= 0.3 is 0 Å². The number of thiazole rings is 1. The SMILES string of the molecule is CN/C(=N/CCNCc1cscn1)NC#N. The number of aliphatic imine (C=N–C) groups is 1. The second-order valence-electron chi connectivity index (χ2n) is 2.87. The Bertz CT molecular complexity index is 353. The topological polar surface area (TPSA) is 85.1 Å². The van der Waals surface area contributed by atoms with Crippen LogP contribution in [0.3, 0.4) is 0 Å². The molecule has 1 rings (SSSR count). The molecule has 1 aromatic heterocycles. The zero-order valence-corrected chi connectivity index (χ0v) is 9.84. The first-order valence-electron chi connectivity index (χ1n) is 4.82. The highest BCUT2D eigenvalue weighted by Crippen LogP contribution is 1.99. The van der Waals surface area contributed by atoms with Crippen molar-refractivity contribution < 1.29 is 0 Å². The lowest BCUT2D eigenvalue weighted by molar-refractivity contribution is 0.683. The first-order valence-corrected chi connectivity index (χ1v) is 5.76. The van der Waals surface area contributed by atoms with Crippen molar-refractivity contribution in [1.29, 1.82) is 5.26 Å². The molecule has 0 unspecified atom stereocenters. The Hall–Kier alpha value is -1.65. The molecule has 6 nitrogen and oxygen atoms in total. The summed E-state index contributed by atoms with van der Waals surface area (Å²) in [7, 11) is 1.71. The molecular formula is C9H14N6S. The average molecular weight is 238 g/mol. The molecular weight excluding hydrogens is 224 g/mol. The van der Waals surface area contributed by atoms with Gasteiger partial charge in [0.15, 0.2) is 6.19 Å². The van der Waals surface area contributed by atoms with E-state index in [1.54, 1.807) is 18.4 Å². The number of aromatic nitrogens is 1. The first kappa shape index (κ1) is 12.4. The highest BCUT2D eigenvalue weighted by Gasteiger charge is 1.94. The van der Waals surface area contributed by atoms with Gasteiger partial charge in [0.25, 0.3) is 0 Å². The normalized spacial score (nSPS) is 10.9. The van der Waals surface area contributed by atoms with Crippen molar-refractivity contribution in [2.45, 2.75) is 6.54 Å². The fourth-order valence-electron chi connectivity index (χ4n) is 1.02. The Morgan fingerprint density at radius 2 is 2.56 bits per heavy atom. The maximum atomic E-state index is 8.39. The Balaban J connectivity index is 2.13. The minimum Gasteiger partial charge on any atom is -0.359 e. The van der Waals surface area contributed by atoms with Crippen LogP contribution in [-0.4, -0.2) is 31.1 Å². The van der Waals surface area contributed by atoms with Gasteiger partial charge in [-0.1, -0.05) is 0 Å². The van der Waals surface area contributed by atoms with Gasteiger partial charge in [0.1, 0.15) is 0 Å². The minimum atomic E-state index is 0.484. The molecule has 1 aromatic rings. The van der Waals surface area contributed by atoms with Crippen molar-refractivity contribution in [2.75, 3.05) is 20.1 Å². The molecule has 0 aliphatic heterocycles. The molecule has 0 aliphatic rings. The lowest BCUT2D eigenvalue weighted by Crippen LogP contribution is -2.32. The van der Waals surface area contributed by atoms with Gasteiger partial charge in [-0.15, -0.1) is 11.3 Å². The van der Waals surface area contributed by atoms with Crippen molar-refractivity contribution >= 4 is 17.3 Å². The summed E-state index contributed by atoms with van der Waals surface area (Å²) in [5, 5.41) is 18.8. The van der Waals surface area contributed by atoms with E-state index in [0.29, 0.717) is 12.5 Å². The Morgan fingerprint density at radius 1 is 1.69 bits per heavy atom. The van der Waals surface area contributed by atoms with Crippen molar-refractivity contribution in [1.82, 2.24) is 20.9 Å². The van der Waals surface area contributed by atoms with Gasteiger partial charge in [-0.25, -0.2) is 4.98 Å². The number of rotatable bonds is 5. The predicted molar refractivity (Wildman–Crippen MR) is 63.9 cm³/mol.